The minimum absolute atomic E-state index is 0.145. The Bertz CT molecular complexity index is 1330. The third kappa shape index (κ3) is 7.07. The van der Waals surface area contributed by atoms with Gasteiger partial charge in [0.05, 0.1) is 11.5 Å². The highest BCUT2D eigenvalue weighted by Gasteiger charge is 2.17. The molecule has 0 spiro atoms. The number of hydroxylamine groups is 1. The molecule has 0 saturated carbocycles. The molecule has 0 atom stereocenters. The van der Waals surface area contributed by atoms with Gasteiger partial charge in [-0.05, 0) is 66.6 Å². The minimum Gasteiger partial charge on any atom is -0.494 e. The van der Waals surface area contributed by atoms with Crippen molar-refractivity contribution in [1.82, 2.24) is 19.3 Å². The molecule has 37 heavy (non-hydrogen) atoms. The number of hydrogen-bond acceptors (Lipinski definition) is 7. The Labute approximate surface area is 217 Å². The zero-order valence-electron chi connectivity index (χ0n) is 20.8. The normalized spacial score (nSPS) is 15.2. The van der Waals surface area contributed by atoms with Gasteiger partial charge in [-0.3, -0.25) is 10.0 Å². The maximum Gasteiger partial charge on any atom is 0.267 e. The molecule has 0 radical (unpaired) electrons. The quantitative estimate of drug-likeness (QED) is 0.182. The van der Waals surface area contributed by atoms with Gasteiger partial charge in [-0.15, -0.1) is 0 Å². The van der Waals surface area contributed by atoms with Crippen LogP contribution in [0.3, 0.4) is 0 Å². The Morgan fingerprint density at radius 3 is 2.54 bits per heavy atom. The summed E-state index contributed by atoms with van der Waals surface area (Å²) in [7, 11) is -1.64. The SMILES string of the molecule is CN1CCN(CCCOc2cccc(-c3ccc(S(=O)(=O)n4ccc(/C=C/C(=O)NO)c4)cc3)c2)CC1. The summed E-state index contributed by atoms with van der Waals surface area (Å²) < 4.78 is 33.1. The molecule has 1 amide bonds. The summed E-state index contributed by atoms with van der Waals surface area (Å²) >= 11 is 0. The second kappa shape index (κ2) is 12.2. The molecule has 3 aromatic rings. The fourth-order valence-corrected chi connectivity index (χ4v) is 5.31. The molecular formula is C27H32N4O5S. The van der Waals surface area contributed by atoms with E-state index in [2.05, 4.69) is 16.8 Å². The third-order valence-electron chi connectivity index (χ3n) is 6.31. The van der Waals surface area contributed by atoms with Crippen LogP contribution in [0.25, 0.3) is 17.2 Å². The molecule has 10 heteroatoms. The molecule has 1 fully saturated rings. The van der Waals surface area contributed by atoms with Crippen LogP contribution in [0.2, 0.25) is 0 Å². The third-order valence-corrected chi connectivity index (χ3v) is 7.96. The number of carbonyl (C=O) groups is 1. The first-order valence-corrected chi connectivity index (χ1v) is 13.6. The number of hydrogen-bond donors (Lipinski definition) is 2. The molecule has 2 heterocycles. The summed E-state index contributed by atoms with van der Waals surface area (Å²) in [6, 6.07) is 16.0. The average molecular weight is 525 g/mol. The molecule has 1 aromatic heterocycles. The van der Waals surface area contributed by atoms with E-state index in [1.807, 2.05) is 24.3 Å². The van der Waals surface area contributed by atoms with Gasteiger partial charge < -0.3 is 14.5 Å². The Hall–Kier alpha value is -3.44. The molecule has 196 valence electrons. The standard InChI is InChI=1S/C27H32N4O5S/c1-29-15-17-30(18-16-29)13-3-19-36-25-5-2-4-24(20-25)23-7-9-26(10-8-23)37(34,35)31-14-12-22(21-31)6-11-27(32)28-33/h2,4-12,14,20-21,33H,3,13,15-19H2,1H3,(H,28,32)/b11-6+. The van der Waals surface area contributed by atoms with Crippen molar-refractivity contribution in [2.75, 3.05) is 46.4 Å². The lowest BCUT2D eigenvalue weighted by Crippen LogP contribution is -2.44. The highest BCUT2D eigenvalue weighted by molar-refractivity contribution is 7.90. The molecule has 2 N–H and O–H groups in total. The Kier molecular flexibility index (Phi) is 8.78. The topological polar surface area (TPSA) is 104 Å². The van der Waals surface area contributed by atoms with Crippen molar-refractivity contribution in [3.63, 3.8) is 0 Å². The Balaban J connectivity index is 1.36. The van der Waals surface area contributed by atoms with Crippen LogP contribution in [0, 0.1) is 0 Å². The van der Waals surface area contributed by atoms with Crippen molar-refractivity contribution in [1.29, 1.82) is 0 Å². The van der Waals surface area contributed by atoms with Gasteiger partial charge in [0.2, 0.25) is 0 Å². The number of piperazine rings is 1. The number of nitrogens with zero attached hydrogens (tertiary/aromatic N) is 3. The fraction of sp³-hybridized carbons (Fsp3) is 0.296. The van der Waals surface area contributed by atoms with E-state index in [0.29, 0.717) is 12.2 Å². The van der Waals surface area contributed by atoms with Crippen LogP contribution in [0.1, 0.15) is 12.0 Å². The first-order valence-electron chi connectivity index (χ1n) is 12.1. The summed E-state index contributed by atoms with van der Waals surface area (Å²) in [5, 5.41) is 8.55. The van der Waals surface area contributed by atoms with Crippen LogP contribution >= 0.6 is 0 Å². The first-order chi connectivity index (χ1) is 17.8. The maximum absolute atomic E-state index is 13.0. The second-order valence-electron chi connectivity index (χ2n) is 8.99. The lowest BCUT2D eigenvalue weighted by Gasteiger charge is -2.32. The lowest BCUT2D eigenvalue weighted by atomic mass is 10.1. The summed E-state index contributed by atoms with van der Waals surface area (Å²) in [6.07, 6.45) is 6.28. The number of rotatable bonds is 10. The van der Waals surface area contributed by atoms with Crippen LogP contribution in [0.15, 0.2) is 78.0 Å². The molecule has 9 nitrogen and oxygen atoms in total. The van der Waals surface area contributed by atoms with Crippen molar-refractivity contribution in [2.24, 2.45) is 0 Å². The Morgan fingerprint density at radius 2 is 1.81 bits per heavy atom. The highest BCUT2D eigenvalue weighted by Crippen LogP contribution is 2.26. The number of likely N-dealkylation sites (N-methyl/N-ethyl adjacent to an activating group) is 1. The van der Waals surface area contributed by atoms with Crippen LogP contribution in [-0.4, -0.2) is 79.7 Å². The molecule has 2 aromatic carbocycles. The van der Waals surface area contributed by atoms with Gasteiger partial charge in [-0.25, -0.2) is 17.9 Å². The lowest BCUT2D eigenvalue weighted by molar-refractivity contribution is -0.124. The van der Waals surface area contributed by atoms with Gasteiger partial charge in [-0.1, -0.05) is 24.3 Å². The van der Waals surface area contributed by atoms with E-state index in [1.54, 1.807) is 30.3 Å². The van der Waals surface area contributed by atoms with E-state index in [-0.39, 0.29) is 4.90 Å². The highest BCUT2D eigenvalue weighted by atomic mass is 32.2. The Morgan fingerprint density at radius 1 is 1.05 bits per heavy atom. The van der Waals surface area contributed by atoms with Crippen LogP contribution in [0.4, 0.5) is 0 Å². The summed E-state index contributed by atoms with van der Waals surface area (Å²) in [5.74, 6) is 0.0849. The number of ether oxygens (including phenoxy) is 1. The zero-order valence-corrected chi connectivity index (χ0v) is 21.6. The number of aromatic nitrogens is 1. The first kappa shape index (κ1) is 26.6. The van der Waals surface area contributed by atoms with Crippen molar-refractivity contribution in [2.45, 2.75) is 11.3 Å². The zero-order chi connectivity index (χ0) is 26.3. The molecule has 1 aliphatic rings. The van der Waals surface area contributed by atoms with E-state index in [1.165, 1.54) is 23.9 Å². The number of nitrogens with one attached hydrogen (secondary N) is 1. The van der Waals surface area contributed by atoms with Crippen LogP contribution in [0.5, 0.6) is 5.75 Å². The molecule has 0 unspecified atom stereocenters. The maximum atomic E-state index is 13.0. The molecule has 0 aliphatic carbocycles. The summed E-state index contributed by atoms with van der Waals surface area (Å²) in [4.78, 5) is 16.1. The number of carbonyl (C=O) groups excluding carboxylic acids is 1. The van der Waals surface area contributed by atoms with E-state index < -0.39 is 15.9 Å². The molecule has 4 rings (SSSR count). The minimum atomic E-state index is -3.80. The summed E-state index contributed by atoms with van der Waals surface area (Å²) in [5.41, 5.74) is 3.81. The van der Waals surface area contributed by atoms with Crippen molar-refractivity contribution >= 4 is 22.0 Å². The van der Waals surface area contributed by atoms with Gasteiger partial charge in [0.1, 0.15) is 5.75 Å². The monoisotopic (exact) mass is 524 g/mol. The summed E-state index contributed by atoms with van der Waals surface area (Å²) in [6.45, 7) is 6.09. The van der Waals surface area contributed by atoms with E-state index in [9.17, 15) is 13.2 Å². The second-order valence-corrected chi connectivity index (χ2v) is 10.8. The van der Waals surface area contributed by atoms with Crippen LogP contribution in [-0.2, 0) is 14.8 Å². The average Bonchev–Trinajstić information content (AvgIpc) is 3.41. The van der Waals surface area contributed by atoms with Gasteiger partial charge in [0.25, 0.3) is 15.9 Å². The fourth-order valence-electron chi connectivity index (χ4n) is 4.11. The smallest absolute Gasteiger partial charge is 0.267 e. The predicted octanol–water partition coefficient (Wildman–Crippen LogP) is 2.93. The van der Waals surface area contributed by atoms with Gasteiger partial charge in [0.15, 0.2) is 0 Å². The molecule has 1 aliphatic heterocycles. The number of benzene rings is 2. The molecule has 1 saturated heterocycles. The van der Waals surface area contributed by atoms with E-state index in [0.717, 1.165) is 66.1 Å². The van der Waals surface area contributed by atoms with E-state index in [4.69, 9.17) is 9.94 Å². The molecular weight excluding hydrogens is 492 g/mol. The number of amides is 1. The van der Waals surface area contributed by atoms with Gasteiger partial charge in [-0.2, -0.15) is 0 Å². The van der Waals surface area contributed by atoms with Gasteiger partial charge in [0, 0.05) is 51.2 Å². The van der Waals surface area contributed by atoms with Gasteiger partial charge >= 0.3 is 0 Å². The predicted molar refractivity (Wildman–Crippen MR) is 142 cm³/mol. The van der Waals surface area contributed by atoms with Crippen molar-refractivity contribution in [3.05, 3.63) is 78.6 Å². The largest absolute Gasteiger partial charge is 0.494 e. The van der Waals surface area contributed by atoms with E-state index >= 15 is 0 Å². The van der Waals surface area contributed by atoms with Crippen LogP contribution < -0.4 is 10.2 Å². The van der Waals surface area contributed by atoms with Crippen molar-refractivity contribution < 1.29 is 23.2 Å². The molecule has 0 bridgehead atoms. The van der Waals surface area contributed by atoms with Crippen molar-refractivity contribution in [3.8, 4) is 16.9 Å².